The molecule has 2 aliphatic rings. The SMILES string of the molecule is CC(C)(C)c1ccc2[n+](c1)C1(c3ccccc3-2)c2ccc3c(oc4c(-c5ccc(-c6ccccc6)cc5)c(C#N)ccc43)c2-c2cccc[n+]21. The standard InChI is InChI=1S/C46H33N3O/c1-45(2,3)33-21-25-39-36-13-7-8-14-37(36)46(49(39)28-33)38-24-23-35-34-22-20-32(27-47)41(31-18-16-30(17-19-31)29-11-5-4-6-12-29)43(34)50-44(35)42(38)40-15-9-10-26-48(40)46/h4-26,28H,1-3H3/q+2. The van der Waals surface area contributed by atoms with Gasteiger partial charge in [-0.25, -0.2) is 0 Å². The van der Waals surface area contributed by atoms with Gasteiger partial charge in [-0.1, -0.05) is 87.5 Å². The summed E-state index contributed by atoms with van der Waals surface area (Å²) in [4.78, 5) is 0. The minimum absolute atomic E-state index is 0.0273. The maximum absolute atomic E-state index is 10.3. The van der Waals surface area contributed by atoms with Gasteiger partial charge in [-0.15, -0.1) is 9.13 Å². The molecule has 236 valence electrons. The van der Waals surface area contributed by atoms with E-state index in [1.165, 1.54) is 27.9 Å². The molecular weight excluding hydrogens is 611 g/mol. The summed E-state index contributed by atoms with van der Waals surface area (Å²) < 4.78 is 12.0. The normalized spacial score (nSPS) is 15.6. The van der Waals surface area contributed by atoms with E-state index in [1.54, 1.807) is 0 Å². The van der Waals surface area contributed by atoms with Crippen molar-refractivity contribution in [2.24, 2.45) is 0 Å². The van der Waals surface area contributed by atoms with Gasteiger partial charge < -0.3 is 4.42 Å². The Labute approximate surface area is 290 Å². The Morgan fingerprint density at radius 1 is 0.580 bits per heavy atom. The highest BCUT2D eigenvalue weighted by Gasteiger charge is 2.67. The predicted molar refractivity (Wildman–Crippen MR) is 197 cm³/mol. The van der Waals surface area contributed by atoms with Crippen LogP contribution in [0, 0.1) is 11.3 Å². The van der Waals surface area contributed by atoms with Gasteiger partial charge in [0.2, 0.25) is 11.4 Å². The highest BCUT2D eigenvalue weighted by atomic mass is 16.3. The van der Waals surface area contributed by atoms with Crippen LogP contribution in [0.15, 0.2) is 150 Å². The van der Waals surface area contributed by atoms with Crippen LogP contribution in [0.3, 0.4) is 0 Å². The fourth-order valence-corrected chi connectivity index (χ4v) is 8.44. The van der Waals surface area contributed by atoms with Gasteiger partial charge in [-0.3, -0.25) is 0 Å². The quantitative estimate of drug-likeness (QED) is 0.176. The Kier molecular flexibility index (Phi) is 5.80. The number of benzene rings is 5. The van der Waals surface area contributed by atoms with E-state index in [9.17, 15) is 5.26 Å². The Morgan fingerprint density at radius 2 is 1.26 bits per heavy atom. The van der Waals surface area contributed by atoms with E-state index in [2.05, 4.69) is 164 Å². The number of rotatable bonds is 2. The second-order valence-corrected chi connectivity index (χ2v) is 14.5. The van der Waals surface area contributed by atoms with Crippen LogP contribution in [0.25, 0.3) is 66.7 Å². The van der Waals surface area contributed by atoms with E-state index in [1.807, 2.05) is 18.2 Å². The van der Waals surface area contributed by atoms with E-state index in [0.29, 0.717) is 5.56 Å². The maximum atomic E-state index is 10.3. The molecule has 2 aliphatic heterocycles. The molecule has 0 aliphatic carbocycles. The monoisotopic (exact) mass is 643 g/mol. The maximum Gasteiger partial charge on any atom is 0.417 e. The van der Waals surface area contributed by atoms with Crippen LogP contribution in [0.5, 0.6) is 0 Å². The summed E-state index contributed by atoms with van der Waals surface area (Å²) in [6.45, 7) is 6.82. The van der Waals surface area contributed by atoms with Crippen molar-refractivity contribution in [3.8, 4) is 50.8 Å². The van der Waals surface area contributed by atoms with Crippen molar-refractivity contribution < 1.29 is 13.6 Å². The van der Waals surface area contributed by atoms with E-state index < -0.39 is 5.66 Å². The van der Waals surface area contributed by atoms with E-state index >= 15 is 0 Å². The van der Waals surface area contributed by atoms with Crippen LogP contribution in [0.4, 0.5) is 0 Å². The lowest BCUT2D eigenvalue weighted by molar-refractivity contribution is -0.955. The lowest BCUT2D eigenvalue weighted by Crippen LogP contribution is -2.71. The number of nitrogens with zero attached hydrogens (tertiary/aromatic N) is 3. The molecule has 5 heterocycles. The molecule has 0 fully saturated rings. The van der Waals surface area contributed by atoms with Gasteiger partial charge >= 0.3 is 5.66 Å². The van der Waals surface area contributed by atoms with Gasteiger partial charge in [-0.05, 0) is 70.6 Å². The zero-order chi connectivity index (χ0) is 33.8. The number of furan rings is 1. The van der Waals surface area contributed by atoms with Gasteiger partial charge in [0.05, 0.1) is 17.2 Å². The number of nitriles is 1. The summed E-state index contributed by atoms with van der Waals surface area (Å²) in [5, 5.41) is 12.4. The number of fused-ring (bicyclic) bond motifs is 14. The van der Waals surface area contributed by atoms with E-state index in [-0.39, 0.29) is 5.41 Å². The smallest absolute Gasteiger partial charge is 0.417 e. The number of hydrogen-bond donors (Lipinski definition) is 0. The molecule has 4 nitrogen and oxygen atoms in total. The second kappa shape index (κ2) is 10.1. The van der Waals surface area contributed by atoms with Crippen molar-refractivity contribution in [1.82, 2.24) is 0 Å². The topological polar surface area (TPSA) is 44.7 Å². The molecule has 0 saturated heterocycles. The van der Waals surface area contributed by atoms with Crippen molar-refractivity contribution in [2.75, 3.05) is 0 Å². The van der Waals surface area contributed by atoms with Crippen molar-refractivity contribution >= 4 is 21.9 Å². The third-order valence-corrected chi connectivity index (χ3v) is 10.8. The third-order valence-electron chi connectivity index (χ3n) is 10.8. The minimum Gasteiger partial charge on any atom is -0.454 e. The van der Waals surface area contributed by atoms with Gasteiger partial charge in [-0.2, -0.15) is 5.26 Å². The van der Waals surface area contributed by atoms with E-state index in [0.717, 1.165) is 55.4 Å². The fourth-order valence-electron chi connectivity index (χ4n) is 8.44. The molecule has 1 spiro atoms. The predicted octanol–water partition coefficient (Wildman–Crippen LogP) is 9.92. The minimum atomic E-state index is -0.639. The summed E-state index contributed by atoms with van der Waals surface area (Å²) >= 11 is 0. The molecule has 0 N–H and O–H groups in total. The molecular formula is C46H33N3O+2. The molecule has 8 aromatic rings. The van der Waals surface area contributed by atoms with Gasteiger partial charge in [0, 0.05) is 40.1 Å². The molecule has 1 atom stereocenters. The average Bonchev–Trinajstić information content (AvgIpc) is 3.78. The first-order valence-electron chi connectivity index (χ1n) is 17.2. The lowest BCUT2D eigenvalue weighted by Gasteiger charge is -2.21. The molecule has 1 unspecified atom stereocenters. The summed E-state index contributed by atoms with van der Waals surface area (Å²) in [5.74, 6) is 0. The highest BCUT2D eigenvalue weighted by molar-refractivity contribution is 6.14. The molecule has 0 radical (unpaired) electrons. The zero-order valence-electron chi connectivity index (χ0n) is 28.1. The molecule has 10 rings (SSSR count). The zero-order valence-corrected chi connectivity index (χ0v) is 28.1. The van der Waals surface area contributed by atoms with E-state index in [4.69, 9.17) is 4.42 Å². The van der Waals surface area contributed by atoms with Crippen LogP contribution < -0.4 is 9.13 Å². The Balaban J connectivity index is 1.27. The molecule has 0 saturated carbocycles. The first-order valence-corrected chi connectivity index (χ1v) is 17.2. The van der Waals surface area contributed by atoms with Crippen LogP contribution in [-0.2, 0) is 11.1 Å². The van der Waals surface area contributed by atoms with Crippen molar-refractivity contribution in [1.29, 1.82) is 5.26 Å². The van der Waals surface area contributed by atoms with Crippen LogP contribution in [0.1, 0.15) is 43.0 Å². The molecule has 5 aromatic carbocycles. The van der Waals surface area contributed by atoms with Gasteiger partial charge in [0.15, 0.2) is 12.4 Å². The van der Waals surface area contributed by atoms with Crippen molar-refractivity contribution in [2.45, 2.75) is 31.8 Å². The summed E-state index contributed by atoms with van der Waals surface area (Å²) in [5.41, 5.74) is 13.8. The van der Waals surface area contributed by atoms with Crippen LogP contribution in [-0.4, -0.2) is 0 Å². The molecule has 3 aromatic heterocycles. The highest BCUT2D eigenvalue weighted by Crippen LogP contribution is 2.51. The van der Waals surface area contributed by atoms with Crippen LogP contribution >= 0.6 is 0 Å². The molecule has 0 bridgehead atoms. The Bertz CT molecular complexity index is 2740. The number of aromatic nitrogens is 2. The Hall–Kier alpha value is -6.31. The largest absolute Gasteiger partial charge is 0.454 e. The molecule has 50 heavy (non-hydrogen) atoms. The Morgan fingerprint density at radius 3 is 2.04 bits per heavy atom. The fraction of sp³-hybridized carbons (Fsp3) is 0.109. The first-order chi connectivity index (χ1) is 24.4. The van der Waals surface area contributed by atoms with Crippen molar-refractivity contribution in [3.05, 3.63) is 168 Å². The summed E-state index contributed by atoms with van der Waals surface area (Å²) in [7, 11) is 0. The summed E-state index contributed by atoms with van der Waals surface area (Å²) in [6.07, 6.45) is 4.56. The average molecular weight is 644 g/mol. The van der Waals surface area contributed by atoms with Crippen LogP contribution in [0.2, 0.25) is 0 Å². The summed E-state index contributed by atoms with van der Waals surface area (Å²) in [6, 6.07) is 49.6. The number of hydrogen-bond acceptors (Lipinski definition) is 2. The number of pyridine rings is 2. The molecule has 0 amide bonds. The molecule has 4 heteroatoms. The van der Waals surface area contributed by atoms with Gasteiger partial charge in [0.1, 0.15) is 27.9 Å². The first kappa shape index (κ1) is 28.7. The van der Waals surface area contributed by atoms with Crippen molar-refractivity contribution in [3.63, 3.8) is 0 Å². The second-order valence-electron chi connectivity index (χ2n) is 14.5. The lowest BCUT2D eigenvalue weighted by atomic mass is 9.87. The van der Waals surface area contributed by atoms with Gasteiger partial charge in [0.25, 0.3) is 0 Å². The third kappa shape index (κ3) is 3.69.